The Morgan fingerprint density at radius 2 is 1.63 bits per heavy atom. The highest BCUT2D eigenvalue weighted by Gasteiger charge is 2.19. The molecule has 0 aromatic heterocycles. The van der Waals surface area contributed by atoms with Gasteiger partial charge in [-0.3, -0.25) is 9.69 Å². The van der Waals surface area contributed by atoms with Crippen LogP contribution in [0.5, 0.6) is 11.5 Å². The lowest BCUT2D eigenvalue weighted by atomic mass is 10.1. The molecule has 27 heavy (non-hydrogen) atoms. The number of ether oxygens (including phenoxy) is 2. The van der Waals surface area contributed by atoms with Crippen LogP contribution < -0.4 is 9.47 Å². The average Bonchev–Trinajstić information content (AvgIpc) is 3.15. The zero-order valence-corrected chi connectivity index (χ0v) is 15.8. The third kappa shape index (κ3) is 4.49. The zero-order valence-electron chi connectivity index (χ0n) is 15.8. The van der Waals surface area contributed by atoms with E-state index in [0.717, 1.165) is 56.3 Å². The van der Waals surface area contributed by atoms with Crippen molar-refractivity contribution in [2.75, 3.05) is 39.5 Å². The van der Waals surface area contributed by atoms with E-state index in [1.165, 1.54) is 11.1 Å². The monoisotopic (exact) mass is 366 g/mol. The van der Waals surface area contributed by atoms with Gasteiger partial charge in [-0.05, 0) is 24.6 Å². The maximum atomic E-state index is 12.3. The van der Waals surface area contributed by atoms with Crippen molar-refractivity contribution in [1.82, 2.24) is 9.80 Å². The largest absolute Gasteiger partial charge is 0.454 e. The molecule has 2 aliphatic heterocycles. The van der Waals surface area contributed by atoms with Gasteiger partial charge in [0.15, 0.2) is 17.3 Å². The highest BCUT2D eigenvalue weighted by atomic mass is 16.7. The van der Waals surface area contributed by atoms with Crippen LogP contribution in [0.25, 0.3) is 0 Å². The van der Waals surface area contributed by atoms with Gasteiger partial charge in [0, 0.05) is 51.3 Å². The fraction of sp³-hybridized carbons (Fsp3) is 0.409. The number of hydrogen-bond donors (Lipinski definition) is 0. The maximum Gasteiger partial charge on any atom is 0.231 e. The smallest absolute Gasteiger partial charge is 0.231 e. The van der Waals surface area contributed by atoms with Crippen LogP contribution in [0, 0.1) is 6.92 Å². The number of carbonyl (C=O) groups is 1. The lowest BCUT2D eigenvalue weighted by Crippen LogP contribution is -2.46. The summed E-state index contributed by atoms with van der Waals surface area (Å²) in [5.41, 5.74) is 3.26. The number of aryl methyl sites for hydroxylation is 1. The van der Waals surface area contributed by atoms with Crippen LogP contribution in [0.1, 0.15) is 27.9 Å². The van der Waals surface area contributed by atoms with Gasteiger partial charge in [0.1, 0.15) is 0 Å². The van der Waals surface area contributed by atoms with E-state index in [9.17, 15) is 4.79 Å². The van der Waals surface area contributed by atoms with E-state index in [1.807, 2.05) is 37.3 Å². The summed E-state index contributed by atoms with van der Waals surface area (Å²) in [6.07, 6.45) is 0.589. The molecular weight excluding hydrogens is 340 g/mol. The third-order valence-electron chi connectivity index (χ3n) is 5.34. The van der Waals surface area contributed by atoms with E-state index >= 15 is 0 Å². The summed E-state index contributed by atoms with van der Waals surface area (Å²) in [5.74, 6) is 1.92. The molecule has 5 heteroatoms. The quantitative estimate of drug-likeness (QED) is 0.735. The van der Waals surface area contributed by atoms with Gasteiger partial charge in [-0.15, -0.1) is 0 Å². The van der Waals surface area contributed by atoms with Gasteiger partial charge in [0.05, 0.1) is 0 Å². The van der Waals surface area contributed by atoms with Gasteiger partial charge in [-0.2, -0.15) is 0 Å². The molecular formula is C22H26N2O3. The number of piperazine rings is 1. The van der Waals surface area contributed by atoms with Crippen molar-refractivity contribution >= 4 is 5.78 Å². The fourth-order valence-corrected chi connectivity index (χ4v) is 3.61. The minimum Gasteiger partial charge on any atom is -0.454 e. The summed E-state index contributed by atoms with van der Waals surface area (Å²) in [5, 5.41) is 0. The van der Waals surface area contributed by atoms with Crippen LogP contribution in [-0.2, 0) is 6.54 Å². The number of rotatable bonds is 6. The van der Waals surface area contributed by atoms with E-state index < -0.39 is 0 Å². The lowest BCUT2D eigenvalue weighted by molar-refractivity contribution is 0.0922. The molecule has 2 aliphatic rings. The molecule has 2 heterocycles. The number of nitrogens with zero attached hydrogens (tertiary/aromatic N) is 2. The zero-order chi connectivity index (χ0) is 18.6. The SMILES string of the molecule is Cc1ccc(C(=O)CCN2CCN(Cc3ccc4c(c3)OCO4)CC2)cc1. The molecule has 0 radical (unpaired) electrons. The number of hydrogen-bond acceptors (Lipinski definition) is 5. The molecule has 0 atom stereocenters. The Bertz CT molecular complexity index is 796. The van der Waals surface area contributed by atoms with Gasteiger partial charge in [-0.25, -0.2) is 0 Å². The molecule has 2 aromatic rings. The Balaban J connectivity index is 1.22. The van der Waals surface area contributed by atoms with Crippen molar-refractivity contribution in [2.45, 2.75) is 19.9 Å². The maximum absolute atomic E-state index is 12.3. The average molecular weight is 366 g/mol. The van der Waals surface area contributed by atoms with Crippen LogP contribution >= 0.6 is 0 Å². The third-order valence-corrected chi connectivity index (χ3v) is 5.34. The van der Waals surface area contributed by atoms with Crippen molar-refractivity contribution in [1.29, 1.82) is 0 Å². The van der Waals surface area contributed by atoms with Gasteiger partial charge in [0.2, 0.25) is 6.79 Å². The summed E-state index contributed by atoms with van der Waals surface area (Å²) in [6, 6.07) is 14.0. The number of Topliss-reactive ketones (excluding diaryl/α,β-unsaturated/α-hetero) is 1. The molecule has 1 saturated heterocycles. The molecule has 4 rings (SSSR count). The Labute approximate surface area is 160 Å². The summed E-state index contributed by atoms with van der Waals surface area (Å²) >= 11 is 0. The molecule has 0 bridgehead atoms. The molecule has 0 unspecified atom stereocenters. The van der Waals surface area contributed by atoms with Gasteiger partial charge < -0.3 is 14.4 Å². The van der Waals surface area contributed by atoms with Gasteiger partial charge in [0.25, 0.3) is 0 Å². The van der Waals surface area contributed by atoms with Crippen LogP contribution in [0.2, 0.25) is 0 Å². The summed E-state index contributed by atoms with van der Waals surface area (Å²) in [6.45, 7) is 8.17. The molecule has 0 N–H and O–H groups in total. The van der Waals surface area contributed by atoms with Crippen LogP contribution in [0.15, 0.2) is 42.5 Å². The minimum atomic E-state index is 0.234. The molecule has 0 saturated carbocycles. The van der Waals surface area contributed by atoms with E-state index in [-0.39, 0.29) is 5.78 Å². The first kappa shape index (κ1) is 18.0. The molecule has 0 spiro atoms. The first-order valence-electron chi connectivity index (χ1n) is 9.60. The molecule has 2 aromatic carbocycles. The van der Waals surface area contributed by atoms with Crippen molar-refractivity contribution in [2.24, 2.45) is 0 Å². The van der Waals surface area contributed by atoms with Crippen molar-refractivity contribution in [3.8, 4) is 11.5 Å². The predicted molar refractivity (Wildman–Crippen MR) is 104 cm³/mol. The molecule has 142 valence electrons. The molecule has 1 fully saturated rings. The summed E-state index contributed by atoms with van der Waals surface area (Å²) in [7, 11) is 0. The fourth-order valence-electron chi connectivity index (χ4n) is 3.61. The normalized spacial score (nSPS) is 17.2. The highest BCUT2D eigenvalue weighted by Crippen LogP contribution is 2.32. The van der Waals surface area contributed by atoms with Crippen molar-refractivity contribution in [3.05, 3.63) is 59.2 Å². The Kier molecular flexibility index (Phi) is 5.41. The topological polar surface area (TPSA) is 42.0 Å². The van der Waals surface area contributed by atoms with Crippen LogP contribution in [-0.4, -0.2) is 55.1 Å². The first-order valence-corrected chi connectivity index (χ1v) is 9.60. The van der Waals surface area contributed by atoms with E-state index in [1.54, 1.807) is 0 Å². The van der Waals surface area contributed by atoms with E-state index in [0.29, 0.717) is 13.2 Å². The van der Waals surface area contributed by atoms with Crippen molar-refractivity contribution in [3.63, 3.8) is 0 Å². The number of fused-ring (bicyclic) bond motifs is 1. The molecule has 0 aliphatic carbocycles. The van der Waals surface area contributed by atoms with Gasteiger partial charge in [-0.1, -0.05) is 35.9 Å². The lowest BCUT2D eigenvalue weighted by Gasteiger charge is -2.34. The second-order valence-corrected chi connectivity index (χ2v) is 7.34. The second-order valence-electron chi connectivity index (χ2n) is 7.34. The van der Waals surface area contributed by atoms with Gasteiger partial charge >= 0.3 is 0 Å². The molecule has 5 nitrogen and oxygen atoms in total. The van der Waals surface area contributed by atoms with Crippen molar-refractivity contribution < 1.29 is 14.3 Å². The first-order chi connectivity index (χ1) is 13.2. The number of carbonyl (C=O) groups excluding carboxylic acids is 1. The Hall–Kier alpha value is -2.37. The number of ketones is 1. The minimum absolute atomic E-state index is 0.234. The Morgan fingerprint density at radius 1 is 0.926 bits per heavy atom. The van der Waals surface area contributed by atoms with E-state index in [4.69, 9.17) is 9.47 Å². The number of benzene rings is 2. The summed E-state index contributed by atoms with van der Waals surface area (Å²) in [4.78, 5) is 17.2. The van der Waals surface area contributed by atoms with Crippen LogP contribution in [0.4, 0.5) is 0 Å². The Morgan fingerprint density at radius 3 is 2.41 bits per heavy atom. The van der Waals surface area contributed by atoms with Crippen LogP contribution in [0.3, 0.4) is 0 Å². The predicted octanol–water partition coefficient (Wildman–Crippen LogP) is 3.11. The summed E-state index contributed by atoms with van der Waals surface area (Å²) < 4.78 is 10.8. The standard InChI is InChI=1S/C22H26N2O3/c1-17-2-5-19(6-3-17)20(25)8-9-23-10-12-24(13-11-23)15-18-4-7-21-22(14-18)27-16-26-21/h2-7,14H,8-13,15-16H2,1H3. The second kappa shape index (κ2) is 8.11. The van der Waals surface area contributed by atoms with E-state index in [2.05, 4.69) is 21.9 Å². The molecule has 0 amide bonds. The highest BCUT2D eigenvalue weighted by molar-refractivity contribution is 5.96.